The zero-order valence-electron chi connectivity index (χ0n) is 27.6. The predicted molar refractivity (Wildman–Crippen MR) is 213 cm³/mol. The van der Waals surface area contributed by atoms with Crippen molar-refractivity contribution in [2.75, 3.05) is 0 Å². The Bertz CT molecular complexity index is 2180. The van der Waals surface area contributed by atoms with Gasteiger partial charge in [0.25, 0.3) is 0 Å². The van der Waals surface area contributed by atoms with Gasteiger partial charge < -0.3 is 17.0 Å². The smallest absolute Gasteiger partial charge is 0.145 e. The summed E-state index contributed by atoms with van der Waals surface area (Å²) in [5, 5.41) is 5.33. The highest BCUT2D eigenvalue weighted by atomic mass is 79.9. The van der Waals surface area contributed by atoms with E-state index in [1.807, 2.05) is 0 Å². The molecule has 2 heteroatoms. The van der Waals surface area contributed by atoms with E-state index in [1.54, 1.807) is 0 Å². The summed E-state index contributed by atoms with van der Waals surface area (Å²) in [7, 11) is -2.51. The molecule has 0 aromatic heterocycles. The van der Waals surface area contributed by atoms with Crippen molar-refractivity contribution in [3.63, 3.8) is 0 Å². The average molecular weight is 724 g/mol. The zero-order chi connectivity index (χ0) is 32.9. The molecule has 0 aliphatic carbocycles. The summed E-state index contributed by atoms with van der Waals surface area (Å²) in [6.45, 7) is 0. The van der Waals surface area contributed by atoms with E-state index in [9.17, 15) is 0 Å². The lowest BCUT2D eigenvalue weighted by Crippen LogP contribution is -3.00. The fourth-order valence-corrected chi connectivity index (χ4v) is 11.8. The van der Waals surface area contributed by atoms with Gasteiger partial charge in [-0.1, -0.05) is 176 Å². The minimum Gasteiger partial charge on any atom is -1.00 e. The van der Waals surface area contributed by atoms with Gasteiger partial charge in [-0.15, -0.1) is 0 Å². The van der Waals surface area contributed by atoms with E-state index in [0.29, 0.717) is 0 Å². The minimum atomic E-state index is -2.51. The van der Waals surface area contributed by atoms with Gasteiger partial charge in [0.05, 0.1) is 0 Å². The minimum absolute atomic E-state index is 0. The van der Waals surface area contributed by atoms with Crippen LogP contribution in [0.3, 0.4) is 0 Å². The Balaban J connectivity index is 0.00000392. The van der Waals surface area contributed by atoms with E-state index in [4.69, 9.17) is 0 Å². The first-order valence-corrected chi connectivity index (χ1v) is 18.6. The van der Waals surface area contributed by atoms with Crippen LogP contribution in [-0.4, -0.2) is 0 Å². The van der Waals surface area contributed by atoms with E-state index in [-0.39, 0.29) is 17.0 Å². The van der Waals surface area contributed by atoms with Crippen molar-refractivity contribution < 1.29 is 17.0 Å². The van der Waals surface area contributed by atoms with Gasteiger partial charge in [0.15, 0.2) is 0 Å². The normalized spacial score (nSPS) is 11.0. The third kappa shape index (κ3) is 6.05. The first kappa shape index (κ1) is 33.2. The third-order valence-electron chi connectivity index (χ3n) is 9.37. The number of rotatable bonds is 8. The molecule has 0 fully saturated rings. The molecule has 0 spiro atoms. The third-order valence-corrected chi connectivity index (χ3v) is 13.7. The Hall–Kier alpha value is -5.33. The molecule has 0 radical (unpaired) electrons. The maximum Gasteiger partial charge on any atom is 0.145 e. The SMILES string of the molecule is [Br-].c1ccc(-c2cc([P+](c3ccccc3)(c3ccccc3)c3ccccc3)c(-c3ccccc3)c(-c3ccccc3)c2-c2ccccc2)cc1. The van der Waals surface area contributed by atoms with Crippen molar-refractivity contribution in [2.24, 2.45) is 0 Å². The molecule has 0 bridgehead atoms. The molecule has 0 amide bonds. The molecule has 0 aliphatic heterocycles. The second kappa shape index (κ2) is 15.1. The largest absolute Gasteiger partial charge is 1.00 e. The van der Waals surface area contributed by atoms with Crippen LogP contribution in [0.2, 0.25) is 0 Å². The number of hydrogen-bond donors (Lipinski definition) is 0. The number of hydrogen-bond acceptors (Lipinski definition) is 0. The van der Waals surface area contributed by atoms with Crippen LogP contribution in [0.15, 0.2) is 218 Å². The van der Waals surface area contributed by atoms with Crippen molar-refractivity contribution in [2.45, 2.75) is 0 Å². The summed E-state index contributed by atoms with van der Waals surface area (Å²) < 4.78 is 0. The Labute approximate surface area is 306 Å². The monoisotopic (exact) mass is 722 g/mol. The van der Waals surface area contributed by atoms with Gasteiger partial charge in [0, 0.05) is 11.1 Å². The highest BCUT2D eigenvalue weighted by Crippen LogP contribution is 2.59. The van der Waals surface area contributed by atoms with Crippen LogP contribution >= 0.6 is 7.26 Å². The molecular weight excluding hydrogens is 687 g/mol. The Morgan fingerprint density at radius 3 is 0.900 bits per heavy atom. The Morgan fingerprint density at radius 1 is 0.260 bits per heavy atom. The van der Waals surface area contributed by atoms with Crippen molar-refractivity contribution in [3.8, 4) is 44.5 Å². The highest BCUT2D eigenvalue weighted by molar-refractivity contribution is 8.01. The molecule has 0 nitrogen and oxygen atoms in total. The lowest BCUT2D eigenvalue weighted by Gasteiger charge is -2.32. The summed E-state index contributed by atoms with van der Waals surface area (Å²) in [6.07, 6.45) is 0. The standard InChI is InChI=1S/C48H36P.BrH/c1-8-22-37(23-9-1)44-36-45(49(41-30-16-5-17-31-41,42-32-18-6-19-33-42)43-34-20-7-21-35-43)47(39-26-12-3-13-27-39)48(40-28-14-4-15-29-40)46(44)38-24-10-2-11-25-38;/h1-36H;1H/q+1;/p-1. The second-order valence-corrected chi connectivity index (χ2v) is 15.6. The van der Waals surface area contributed by atoms with Gasteiger partial charge in [-0.05, 0) is 75.8 Å². The fourth-order valence-electron chi connectivity index (χ4n) is 7.29. The lowest BCUT2D eigenvalue weighted by atomic mass is 9.83. The second-order valence-electron chi connectivity index (χ2n) is 12.2. The molecule has 50 heavy (non-hydrogen) atoms. The van der Waals surface area contributed by atoms with Gasteiger partial charge in [-0.25, -0.2) is 0 Å². The fraction of sp³-hybridized carbons (Fsp3) is 0. The zero-order valence-corrected chi connectivity index (χ0v) is 30.1. The summed E-state index contributed by atoms with van der Waals surface area (Å²) in [6, 6.07) is 80.2. The van der Waals surface area contributed by atoms with E-state index in [0.717, 1.165) is 0 Å². The lowest BCUT2D eigenvalue weighted by molar-refractivity contribution is -0.00000913. The predicted octanol–water partition coefficient (Wildman–Crippen LogP) is 7.98. The van der Waals surface area contributed by atoms with Crippen LogP contribution in [0.4, 0.5) is 0 Å². The molecule has 0 atom stereocenters. The van der Waals surface area contributed by atoms with Crippen LogP contribution in [0.1, 0.15) is 0 Å². The first-order valence-electron chi connectivity index (χ1n) is 16.8. The van der Waals surface area contributed by atoms with Gasteiger partial charge in [-0.2, -0.15) is 0 Å². The highest BCUT2D eigenvalue weighted by Gasteiger charge is 2.50. The van der Waals surface area contributed by atoms with Crippen LogP contribution < -0.4 is 38.2 Å². The molecule has 0 heterocycles. The van der Waals surface area contributed by atoms with Crippen molar-refractivity contribution in [1.29, 1.82) is 0 Å². The first-order chi connectivity index (χ1) is 24.4. The quantitative estimate of drug-likeness (QED) is 0.140. The van der Waals surface area contributed by atoms with Crippen molar-refractivity contribution >= 4 is 28.5 Å². The van der Waals surface area contributed by atoms with Gasteiger partial charge in [0.2, 0.25) is 0 Å². The number of benzene rings is 8. The molecule has 240 valence electrons. The van der Waals surface area contributed by atoms with E-state index >= 15 is 0 Å². The summed E-state index contributed by atoms with van der Waals surface area (Å²) in [5.74, 6) is 0. The maximum atomic E-state index is 2.55. The van der Waals surface area contributed by atoms with E-state index < -0.39 is 7.26 Å². The molecule has 0 unspecified atom stereocenters. The molecule has 8 rings (SSSR count). The van der Waals surface area contributed by atoms with Gasteiger partial charge >= 0.3 is 0 Å². The van der Waals surface area contributed by atoms with Gasteiger partial charge in [-0.3, -0.25) is 0 Å². The molecule has 8 aromatic rings. The maximum absolute atomic E-state index is 2.55. The number of halogens is 1. The van der Waals surface area contributed by atoms with Crippen LogP contribution in [0.25, 0.3) is 44.5 Å². The molecular formula is C48H36BrP. The average Bonchev–Trinajstić information content (AvgIpc) is 3.20. The Morgan fingerprint density at radius 2 is 0.540 bits per heavy atom. The van der Waals surface area contributed by atoms with E-state index in [2.05, 4.69) is 218 Å². The molecule has 0 aliphatic rings. The Kier molecular flexibility index (Phi) is 9.99. The van der Waals surface area contributed by atoms with E-state index in [1.165, 1.54) is 65.7 Å². The van der Waals surface area contributed by atoms with Gasteiger partial charge in [0.1, 0.15) is 28.5 Å². The molecule has 0 saturated carbocycles. The summed E-state index contributed by atoms with van der Waals surface area (Å²) in [4.78, 5) is 0. The molecule has 8 aromatic carbocycles. The molecule has 0 saturated heterocycles. The topological polar surface area (TPSA) is 0 Å². The van der Waals surface area contributed by atoms with Crippen LogP contribution in [0, 0.1) is 0 Å². The van der Waals surface area contributed by atoms with Crippen LogP contribution in [-0.2, 0) is 0 Å². The van der Waals surface area contributed by atoms with Crippen LogP contribution in [0.5, 0.6) is 0 Å². The summed E-state index contributed by atoms with van der Waals surface area (Å²) >= 11 is 0. The van der Waals surface area contributed by atoms with Crippen molar-refractivity contribution in [1.82, 2.24) is 0 Å². The summed E-state index contributed by atoms with van der Waals surface area (Å²) in [5.41, 5.74) is 9.81. The van der Waals surface area contributed by atoms with Crippen molar-refractivity contribution in [3.05, 3.63) is 218 Å². The molecule has 0 N–H and O–H groups in total.